The minimum atomic E-state index is -2.74. The molecule has 0 heterocycles. The summed E-state index contributed by atoms with van der Waals surface area (Å²) in [4.78, 5) is 19.4. The predicted octanol–water partition coefficient (Wildman–Crippen LogP) is 0.0271. The van der Waals surface area contributed by atoms with Crippen LogP contribution in [0.3, 0.4) is 0 Å². The molecule has 0 amide bonds. The largest absolute Gasteiger partial charge is 0.595 e. The molecule has 0 saturated carbocycles. The van der Waals surface area contributed by atoms with Gasteiger partial charge in [-0.1, -0.05) is 4.57 Å². The lowest BCUT2D eigenvalue weighted by atomic mass is 10.5. The second-order valence-corrected chi connectivity index (χ2v) is 2.40. The van der Waals surface area contributed by atoms with E-state index < -0.39 is 26.0 Å². The number of hydrogen-bond acceptors (Lipinski definition) is 3. The zero-order valence-corrected chi connectivity index (χ0v) is 5.68. The Morgan fingerprint density at radius 3 is 2.60 bits per heavy atom. The molecule has 0 aliphatic rings. The molecule has 0 fully saturated rings. The van der Waals surface area contributed by atoms with Crippen LogP contribution in [0.5, 0.6) is 0 Å². The minimum Gasteiger partial charge on any atom is -0.595 e. The van der Waals surface area contributed by atoms with Crippen molar-refractivity contribution >= 4 is 14.0 Å². The minimum absolute atomic E-state index is 0.494. The van der Waals surface area contributed by atoms with E-state index in [0.717, 1.165) is 0 Å². The number of hydrogen-bond donors (Lipinski definition) is 1. The molecular weight excluding hydrogens is 162 g/mol. The zero-order valence-electron chi connectivity index (χ0n) is 4.78. The number of aliphatic carboxylic acids is 1. The Morgan fingerprint density at radius 1 is 1.80 bits per heavy atom. The Kier molecular flexibility index (Phi) is 3.76. The highest BCUT2D eigenvalue weighted by atomic mass is 31.1. The smallest absolute Gasteiger partial charge is 0.364 e. The molecule has 0 bridgehead atoms. The fourth-order valence-corrected chi connectivity index (χ4v) is 0.551. The first-order valence-electron chi connectivity index (χ1n) is 2.25. The average Bonchev–Trinajstić information content (AvgIpc) is 1.82. The van der Waals surface area contributed by atoms with Crippen LogP contribution in [0, 0.1) is 0 Å². The first kappa shape index (κ1) is 9.20. The predicted molar refractivity (Wildman–Crippen MR) is 29.3 cm³/mol. The molecule has 0 saturated heterocycles. The molecule has 1 N–H and O–H groups in total. The van der Waals surface area contributed by atoms with Gasteiger partial charge in [0.1, 0.15) is 0 Å². The maximum atomic E-state index is 11.9. The standard InChI is InChI=1S/C4H4FO4P/c5-3(4(6)7)1-2-10(8)9/h1H,2H2,(H,6,7)/b3-1-. The normalized spacial score (nSPS) is 13.0. The molecule has 6 heteroatoms. The summed E-state index contributed by atoms with van der Waals surface area (Å²) in [6, 6.07) is 0. The van der Waals surface area contributed by atoms with Crippen LogP contribution in [0.1, 0.15) is 0 Å². The summed E-state index contributed by atoms with van der Waals surface area (Å²) in [7, 11) is -2.74. The fourth-order valence-electron chi connectivity index (χ4n) is 0.242. The molecule has 10 heavy (non-hydrogen) atoms. The molecular formula is C4H4FO4P. The van der Waals surface area contributed by atoms with Crippen molar-refractivity contribution in [3.05, 3.63) is 11.9 Å². The monoisotopic (exact) mass is 166 g/mol. The van der Waals surface area contributed by atoms with E-state index in [-0.39, 0.29) is 0 Å². The highest BCUT2D eigenvalue weighted by Crippen LogP contribution is 2.08. The van der Waals surface area contributed by atoms with Gasteiger partial charge in [0.2, 0.25) is 5.83 Å². The molecule has 0 spiro atoms. The van der Waals surface area contributed by atoms with Crippen molar-refractivity contribution in [2.75, 3.05) is 6.16 Å². The molecule has 0 rings (SSSR count). The summed E-state index contributed by atoms with van der Waals surface area (Å²) in [6.45, 7) is 0. The quantitative estimate of drug-likeness (QED) is 0.473. The van der Waals surface area contributed by atoms with Crippen LogP contribution in [0.2, 0.25) is 0 Å². The SMILES string of the molecule is O=C(O)/C(F)=C/C[P+](=O)[O-]. The Morgan fingerprint density at radius 2 is 2.30 bits per heavy atom. The molecule has 0 radical (unpaired) electrons. The van der Waals surface area contributed by atoms with Gasteiger partial charge in [0, 0.05) is 6.08 Å². The second-order valence-electron chi connectivity index (χ2n) is 1.37. The number of allylic oxidation sites excluding steroid dienone is 1. The lowest BCUT2D eigenvalue weighted by Gasteiger charge is -1.83. The van der Waals surface area contributed by atoms with Crippen molar-refractivity contribution < 1.29 is 23.7 Å². The van der Waals surface area contributed by atoms with E-state index in [1.54, 1.807) is 0 Å². The molecule has 0 aromatic rings. The number of carbonyl (C=O) groups is 1. The van der Waals surface area contributed by atoms with Gasteiger partial charge in [0.05, 0.1) is 0 Å². The number of carboxylic acids is 1. The van der Waals surface area contributed by atoms with Gasteiger partial charge in [-0.25, -0.2) is 4.79 Å². The van der Waals surface area contributed by atoms with Gasteiger partial charge in [0.15, 0.2) is 6.16 Å². The summed E-state index contributed by atoms with van der Waals surface area (Å²) in [5.74, 6) is -3.20. The van der Waals surface area contributed by atoms with Gasteiger partial charge in [0.25, 0.3) is 0 Å². The van der Waals surface area contributed by atoms with E-state index >= 15 is 0 Å². The third kappa shape index (κ3) is 4.12. The van der Waals surface area contributed by atoms with Gasteiger partial charge >= 0.3 is 14.0 Å². The van der Waals surface area contributed by atoms with Crippen molar-refractivity contribution in [1.29, 1.82) is 0 Å². The first-order chi connectivity index (χ1) is 4.54. The van der Waals surface area contributed by atoms with E-state index in [1.807, 2.05) is 0 Å². The number of rotatable bonds is 3. The Balaban J connectivity index is 3.92. The topological polar surface area (TPSA) is 77.4 Å². The molecule has 56 valence electrons. The van der Waals surface area contributed by atoms with Gasteiger partial charge < -0.3 is 10.00 Å². The van der Waals surface area contributed by atoms with Gasteiger partial charge in [-0.2, -0.15) is 4.39 Å². The molecule has 4 nitrogen and oxygen atoms in total. The fraction of sp³-hybridized carbons (Fsp3) is 0.250. The molecule has 1 unspecified atom stereocenters. The van der Waals surface area contributed by atoms with Crippen LogP contribution in [0.4, 0.5) is 4.39 Å². The van der Waals surface area contributed by atoms with Crippen molar-refractivity contribution in [3.8, 4) is 0 Å². The van der Waals surface area contributed by atoms with Crippen LogP contribution < -0.4 is 4.89 Å². The summed E-state index contributed by atoms with van der Waals surface area (Å²) in [6.07, 6.45) is -0.0818. The van der Waals surface area contributed by atoms with Crippen LogP contribution in [-0.4, -0.2) is 17.2 Å². The van der Waals surface area contributed by atoms with Crippen molar-refractivity contribution in [3.63, 3.8) is 0 Å². The van der Waals surface area contributed by atoms with E-state index in [1.165, 1.54) is 0 Å². The van der Waals surface area contributed by atoms with Crippen LogP contribution in [0.15, 0.2) is 11.9 Å². The summed E-state index contributed by atoms with van der Waals surface area (Å²) < 4.78 is 21.6. The number of halogens is 1. The van der Waals surface area contributed by atoms with E-state index in [2.05, 4.69) is 0 Å². The van der Waals surface area contributed by atoms with Gasteiger partial charge in [-0.3, -0.25) is 0 Å². The lowest BCUT2D eigenvalue weighted by molar-refractivity contribution is -0.163. The molecule has 0 aromatic carbocycles. The third-order valence-electron chi connectivity index (χ3n) is 0.624. The highest BCUT2D eigenvalue weighted by Gasteiger charge is 2.06. The molecule has 0 aromatic heterocycles. The van der Waals surface area contributed by atoms with E-state index in [9.17, 15) is 18.6 Å². The lowest BCUT2D eigenvalue weighted by Crippen LogP contribution is -1.96. The van der Waals surface area contributed by atoms with Crippen LogP contribution in [0.25, 0.3) is 0 Å². The van der Waals surface area contributed by atoms with Gasteiger partial charge in [-0.05, 0) is 0 Å². The highest BCUT2D eigenvalue weighted by molar-refractivity contribution is 7.36. The van der Waals surface area contributed by atoms with Crippen LogP contribution in [-0.2, 0) is 9.36 Å². The average molecular weight is 166 g/mol. The Labute approximate surface area is 56.9 Å². The van der Waals surface area contributed by atoms with Gasteiger partial charge in [-0.15, -0.1) is 0 Å². The second kappa shape index (κ2) is 4.09. The molecule has 1 atom stereocenters. The van der Waals surface area contributed by atoms with Crippen molar-refractivity contribution in [1.82, 2.24) is 0 Å². The molecule has 0 aliphatic heterocycles. The maximum Gasteiger partial charge on any atom is 0.364 e. The zero-order chi connectivity index (χ0) is 8.15. The van der Waals surface area contributed by atoms with E-state index in [0.29, 0.717) is 6.08 Å². The molecule has 0 aliphatic carbocycles. The summed E-state index contributed by atoms with van der Waals surface area (Å²) >= 11 is 0. The van der Waals surface area contributed by atoms with Crippen LogP contribution >= 0.6 is 8.03 Å². The first-order valence-corrected chi connectivity index (χ1v) is 3.61. The number of carboxylic acid groups (broad SMARTS) is 1. The van der Waals surface area contributed by atoms with Crippen molar-refractivity contribution in [2.24, 2.45) is 0 Å². The maximum absolute atomic E-state index is 11.9. The van der Waals surface area contributed by atoms with Crippen molar-refractivity contribution in [2.45, 2.75) is 0 Å². The van der Waals surface area contributed by atoms with E-state index in [4.69, 9.17) is 5.11 Å². The summed E-state index contributed by atoms with van der Waals surface area (Å²) in [5, 5.41) is 7.85. The summed E-state index contributed by atoms with van der Waals surface area (Å²) in [5.41, 5.74) is 0. The Bertz CT molecular complexity index is 188. The third-order valence-corrected chi connectivity index (χ3v) is 1.10. The Hall–Kier alpha value is -0.800.